The first kappa shape index (κ1) is 13.9. The molecule has 1 N–H and O–H groups in total. The van der Waals surface area contributed by atoms with E-state index in [1.54, 1.807) is 6.20 Å². The third-order valence-corrected chi connectivity index (χ3v) is 4.83. The van der Waals surface area contributed by atoms with E-state index < -0.39 is 0 Å². The maximum absolute atomic E-state index is 12.2. The zero-order valence-corrected chi connectivity index (χ0v) is 12.3. The van der Waals surface area contributed by atoms with Crippen molar-refractivity contribution in [3.8, 4) is 0 Å². The van der Waals surface area contributed by atoms with Gasteiger partial charge >= 0.3 is 0 Å². The Morgan fingerprint density at radius 1 is 1.20 bits per heavy atom. The fourth-order valence-electron chi connectivity index (χ4n) is 3.11. The molecule has 0 atom stereocenters. The van der Waals surface area contributed by atoms with Crippen LogP contribution in [0.25, 0.3) is 0 Å². The first-order valence-electron chi connectivity index (χ1n) is 7.23. The van der Waals surface area contributed by atoms with E-state index in [4.69, 9.17) is 0 Å². The average Bonchev–Trinajstić information content (AvgIpc) is 3.02. The number of carbonyl (C=O) groups excluding carboxylic acids is 1. The van der Waals surface area contributed by atoms with E-state index in [0.717, 1.165) is 63.6 Å². The number of carbonyl (C=O) groups is 1. The topological polar surface area (TPSA) is 69.6 Å². The second-order valence-electron chi connectivity index (χ2n) is 5.58. The van der Waals surface area contributed by atoms with Gasteiger partial charge in [0.25, 0.3) is 5.91 Å². The minimum atomic E-state index is -0.120. The number of hydrogen-bond acceptors (Lipinski definition) is 6. The molecule has 0 spiro atoms. The molecular formula is C13H20N4O2S. The van der Waals surface area contributed by atoms with Crippen molar-refractivity contribution in [2.45, 2.75) is 37.8 Å². The molecule has 6 nitrogen and oxygen atoms in total. The predicted octanol–water partition coefficient (Wildman–Crippen LogP) is 0.599. The maximum Gasteiger partial charge on any atom is 0.275 e. The Hall–Kier alpha value is -1.05. The Morgan fingerprint density at radius 2 is 1.90 bits per heavy atom. The number of aliphatic hydroxyl groups is 1. The van der Waals surface area contributed by atoms with Gasteiger partial charge in [-0.1, -0.05) is 0 Å². The second-order valence-corrected chi connectivity index (χ2v) is 6.14. The summed E-state index contributed by atoms with van der Waals surface area (Å²) in [4.78, 5) is 16.5. The van der Waals surface area contributed by atoms with E-state index in [1.165, 1.54) is 0 Å². The van der Waals surface area contributed by atoms with Crippen LogP contribution in [0.4, 0.5) is 0 Å². The van der Waals surface area contributed by atoms with Crippen molar-refractivity contribution >= 4 is 17.6 Å². The van der Waals surface area contributed by atoms with Crippen LogP contribution in [0, 0.1) is 0 Å². The highest BCUT2D eigenvalue weighted by atomic mass is 32.1. The van der Waals surface area contributed by atoms with Crippen LogP contribution in [0.1, 0.15) is 36.2 Å². The Labute approximate surface area is 122 Å². The van der Waals surface area contributed by atoms with Gasteiger partial charge in [0.05, 0.1) is 24.0 Å². The molecule has 110 valence electrons. The van der Waals surface area contributed by atoms with Gasteiger partial charge in [-0.3, -0.25) is 4.79 Å². The number of nitrogens with zero attached hydrogens (tertiary/aromatic N) is 4. The van der Waals surface area contributed by atoms with Gasteiger partial charge in [-0.05, 0) is 25.7 Å². The lowest BCUT2D eigenvalue weighted by atomic mass is 9.99. The van der Waals surface area contributed by atoms with E-state index in [9.17, 15) is 9.90 Å². The third kappa shape index (κ3) is 2.99. The maximum atomic E-state index is 12.2. The summed E-state index contributed by atoms with van der Waals surface area (Å²) < 4.78 is 7.89. The van der Waals surface area contributed by atoms with Gasteiger partial charge in [-0.15, -0.1) is 0 Å². The summed E-state index contributed by atoms with van der Waals surface area (Å²) in [5, 5.41) is 9.55. The van der Waals surface area contributed by atoms with Crippen LogP contribution in [0.2, 0.25) is 0 Å². The molecule has 2 aliphatic rings. The number of likely N-dealkylation sites (tertiary alicyclic amines) is 2. The lowest BCUT2D eigenvalue weighted by Crippen LogP contribution is -2.49. The lowest BCUT2D eigenvalue weighted by molar-refractivity contribution is 0.0355. The van der Waals surface area contributed by atoms with Crippen molar-refractivity contribution in [1.82, 2.24) is 18.5 Å². The Morgan fingerprint density at radius 3 is 2.50 bits per heavy atom. The monoisotopic (exact) mass is 296 g/mol. The first-order valence-corrected chi connectivity index (χ1v) is 7.96. The Bertz CT molecular complexity index is 437. The van der Waals surface area contributed by atoms with Crippen LogP contribution >= 0.6 is 11.7 Å². The Kier molecular flexibility index (Phi) is 4.28. The fourth-order valence-corrected chi connectivity index (χ4v) is 3.51. The smallest absolute Gasteiger partial charge is 0.275 e. The molecule has 2 fully saturated rings. The molecule has 1 aromatic heterocycles. The molecule has 0 unspecified atom stereocenters. The molecule has 7 heteroatoms. The average molecular weight is 296 g/mol. The van der Waals surface area contributed by atoms with Crippen molar-refractivity contribution in [2.24, 2.45) is 0 Å². The van der Waals surface area contributed by atoms with Gasteiger partial charge < -0.3 is 14.9 Å². The highest BCUT2D eigenvalue weighted by Gasteiger charge is 2.29. The van der Waals surface area contributed by atoms with Gasteiger partial charge in [0.15, 0.2) is 5.69 Å². The van der Waals surface area contributed by atoms with E-state index in [-0.39, 0.29) is 12.0 Å². The summed E-state index contributed by atoms with van der Waals surface area (Å²) >= 11 is 1.08. The molecule has 20 heavy (non-hydrogen) atoms. The largest absolute Gasteiger partial charge is 0.393 e. The molecule has 3 heterocycles. The molecular weight excluding hydrogens is 276 g/mol. The number of amides is 1. The minimum absolute atomic E-state index is 0.00580. The lowest BCUT2D eigenvalue weighted by Gasteiger charge is -2.40. The number of aliphatic hydroxyl groups excluding tert-OH is 1. The SMILES string of the molecule is O=C(c1cnsn1)N1CCC(N2CCC(O)CC2)CC1. The summed E-state index contributed by atoms with van der Waals surface area (Å²) in [6, 6.07) is 0.556. The molecule has 0 aromatic carbocycles. The van der Waals surface area contributed by atoms with Crippen LogP contribution in [-0.4, -0.2) is 67.9 Å². The molecule has 3 rings (SSSR count). The molecule has 1 aromatic rings. The van der Waals surface area contributed by atoms with Crippen molar-refractivity contribution in [2.75, 3.05) is 26.2 Å². The number of piperidine rings is 2. The number of rotatable bonds is 2. The van der Waals surface area contributed by atoms with Crippen molar-refractivity contribution < 1.29 is 9.90 Å². The molecule has 0 saturated carbocycles. The highest BCUT2D eigenvalue weighted by molar-refractivity contribution is 6.99. The van der Waals surface area contributed by atoms with Crippen molar-refractivity contribution in [1.29, 1.82) is 0 Å². The fraction of sp³-hybridized carbons (Fsp3) is 0.769. The van der Waals surface area contributed by atoms with Crippen molar-refractivity contribution in [3.05, 3.63) is 11.9 Å². The molecule has 0 radical (unpaired) electrons. The van der Waals surface area contributed by atoms with Gasteiger partial charge in [0.2, 0.25) is 0 Å². The summed E-state index contributed by atoms with van der Waals surface area (Å²) in [6.07, 6.45) is 5.21. The van der Waals surface area contributed by atoms with Gasteiger partial charge in [-0.2, -0.15) is 8.75 Å². The summed E-state index contributed by atoms with van der Waals surface area (Å²) in [6.45, 7) is 3.55. The number of hydrogen-bond donors (Lipinski definition) is 1. The first-order chi connectivity index (χ1) is 9.74. The van der Waals surface area contributed by atoms with Gasteiger partial charge in [0, 0.05) is 32.2 Å². The molecule has 2 saturated heterocycles. The normalized spacial score (nSPS) is 23.1. The molecule has 0 bridgehead atoms. The standard InChI is InChI=1S/C13H20N4O2S/c18-11-3-7-16(8-4-11)10-1-5-17(6-2-10)13(19)12-9-14-20-15-12/h9-11,18H,1-8H2. The van der Waals surface area contributed by atoms with Gasteiger partial charge in [0.1, 0.15) is 0 Å². The van der Waals surface area contributed by atoms with Crippen molar-refractivity contribution in [3.63, 3.8) is 0 Å². The van der Waals surface area contributed by atoms with E-state index in [1.807, 2.05) is 4.90 Å². The summed E-state index contributed by atoms with van der Waals surface area (Å²) in [7, 11) is 0. The van der Waals surface area contributed by atoms with E-state index >= 15 is 0 Å². The van der Waals surface area contributed by atoms with Gasteiger partial charge in [-0.25, -0.2) is 0 Å². The van der Waals surface area contributed by atoms with Crippen LogP contribution in [0.5, 0.6) is 0 Å². The minimum Gasteiger partial charge on any atom is -0.393 e. The van der Waals surface area contributed by atoms with E-state index in [2.05, 4.69) is 13.6 Å². The summed E-state index contributed by atoms with van der Waals surface area (Å²) in [5.74, 6) is 0.00580. The molecule has 1 amide bonds. The quantitative estimate of drug-likeness (QED) is 0.865. The highest BCUT2D eigenvalue weighted by Crippen LogP contribution is 2.21. The van der Waals surface area contributed by atoms with Crippen LogP contribution < -0.4 is 0 Å². The molecule has 0 aliphatic carbocycles. The second kappa shape index (κ2) is 6.15. The Balaban J connectivity index is 1.51. The predicted molar refractivity (Wildman–Crippen MR) is 75.6 cm³/mol. The van der Waals surface area contributed by atoms with Crippen LogP contribution in [0.15, 0.2) is 6.20 Å². The van der Waals surface area contributed by atoms with E-state index in [0.29, 0.717) is 11.7 Å². The van der Waals surface area contributed by atoms with Crippen LogP contribution in [0.3, 0.4) is 0 Å². The summed E-state index contributed by atoms with van der Waals surface area (Å²) in [5.41, 5.74) is 0.467. The third-order valence-electron chi connectivity index (χ3n) is 4.35. The molecule has 2 aliphatic heterocycles. The number of aromatic nitrogens is 2. The zero-order chi connectivity index (χ0) is 13.9. The zero-order valence-electron chi connectivity index (χ0n) is 11.4. The van der Waals surface area contributed by atoms with Crippen LogP contribution in [-0.2, 0) is 0 Å².